The summed E-state index contributed by atoms with van der Waals surface area (Å²) in [6, 6.07) is 0.930. The molecule has 1 atom stereocenters. The number of carbonyl (C=O) groups excluding carboxylic acids is 2. The van der Waals surface area contributed by atoms with Gasteiger partial charge in [0, 0.05) is 24.8 Å². The Balaban J connectivity index is 2.83. The van der Waals surface area contributed by atoms with Gasteiger partial charge in [-0.3, -0.25) is 9.59 Å². The minimum atomic E-state index is -0.623. The van der Waals surface area contributed by atoms with Crippen LogP contribution in [-0.2, 0) is 4.79 Å². The number of amides is 2. The van der Waals surface area contributed by atoms with E-state index in [1.165, 1.54) is 11.1 Å². The van der Waals surface area contributed by atoms with E-state index in [1.807, 2.05) is 0 Å². The summed E-state index contributed by atoms with van der Waals surface area (Å²) in [6.07, 6.45) is 1.49. The van der Waals surface area contributed by atoms with E-state index in [9.17, 15) is 9.59 Å². The lowest BCUT2D eigenvalue weighted by Crippen LogP contribution is -2.44. The average molecular weight is 335 g/mol. The van der Waals surface area contributed by atoms with Crippen molar-refractivity contribution in [2.75, 3.05) is 14.1 Å². The molecule has 1 rings (SSSR count). The standard InChI is InChI=1S/C11H13BrClN3O2/c1-6(11(18)16(2)3)15-10(17)8-4-7(12)5-14-9(8)13/h4-6H,1-3H3,(H,15,17). The quantitative estimate of drug-likeness (QED) is 0.856. The maximum absolute atomic E-state index is 11.9. The fourth-order valence-corrected chi connectivity index (χ4v) is 1.83. The summed E-state index contributed by atoms with van der Waals surface area (Å²) < 4.78 is 0.642. The van der Waals surface area contributed by atoms with Crippen molar-refractivity contribution in [3.8, 4) is 0 Å². The Morgan fingerprint density at radius 1 is 1.50 bits per heavy atom. The van der Waals surface area contributed by atoms with Gasteiger partial charge >= 0.3 is 0 Å². The predicted octanol–water partition coefficient (Wildman–Crippen LogP) is 1.70. The number of hydrogen-bond donors (Lipinski definition) is 1. The molecule has 1 heterocycles. The van der Waals surface area contributed by atoms with E-state index in [0.717, 1.165) is 0 Å². The molecule has 0 aliphatic heterocycles. The topological polar surface area (TPSA) is 62.3 Å². The van der Waals surface area contributed by atoms with E-state index in [-0.39, 0.29) is 16.6 Å². The highest BCUT2D eigenvalue weighted by Crippen LogP contribution is 2.17. The van der Waals surface area contributed by atoms with Gasteiger partial charge < -0.3 is 10.2 Å². The van der Waals surface area contributed by atoms with Crippen molar-refractivity contribution in [3.63, 3.8) is 0 Å². The lowest BCUT2D eigenvalue weighted by molar-refractivity contribution is -0.130. The molecule has 0 aliphatic carbocycles. The lowest BCUT2D eigenvalue weighted by atomic mass is 10.2. The first kappa shape index (κ1) is 14.9. The zero-order valence-corrected chi connectivity index (χ0v) is 12.5. The number of likely N-dealkylation sites (N-methyl/N-ethyl adjacent to an activating group) is 1. The SMILES string of the molecule is CC(NC(=O)c1cc(Br)cnc1Cl)C(=O)N(C)C. The molecule has 0 radical (unpaired) electrons. The van der Waals surface area contributed by atoms with Gasteiger partial charge in [-0.2, -0.15) is 0 Å². The van der Waals surface area contributed by atoms with Crippen molar-refractivity contribution >= 4 is 39.3 Å². The molecule has 0 saturated carbocycles. The van der Waals surface area contributed by atoms with Crippen molar-refractivity contribution in [1.29, 1.82) is 0 Å². The van der Waals surface area contributed by atoms with Gasteiger partial charge in [0.05, 0.1) is 5.56 Å². The second kappa shape index (κ2) is 6.15. The van der Waals surface area contributed by atoms with Crippen LogP contribution in [0.25, 0.3) is 0 Å². The first-order valence-electron chi connectivity index (χ1n) is 5.16. The van der Waals surface area contributed by atoms with Crippen LogP contribution in [0, 0.1) is 0 Å². The van der Waals surface area contributed by atoms with Crippen LogP contribution in [0.15, 0.2) is 16.7 Å². The molecule has 7 heteroatoms. The smallest absolute Gasteiger partial charge is 0.255 e. The molecule has 1 N–H and O–H groups in total. The zero-order valence-electron chi connectivity index (χ0n) is 10.2. The highest BCUT2D eigenvalue weighted by molar-refractivity contribution is 9.10. The highest BCUT2D eigenvalue weighted by Gasteiger charge is 2.20. The van der Waals surface area contributed by atoms with Crippen molar-refractivity contribution in [2.45, 2.75) is 13.0 Å². The monoisotopic (exact) mass is 333 g/mol. The molecule has 0 bridgehead atoms. The summed E-state index contributed by atoms with van der Waals surface area (Å²) in [7, 11) is 3.25. The van der Waals surface area contributed by atoms with Crippen molar-refractivity contribution < 1.29 is 9.59 Å². The van der Waals surface area contributed by atoms with Crippen LogP contribution < -0.4 is 5.32 Å². The second-order valence-electron chi connectivity index (χ2n) is 3.92. The Hall–Kier alpha value is -1.14. The second-order valence-corrected chi connectivity index (χ2v) is 5.19. The first-order chi connectivity index (χ1) is 8.32. The van der Waals surface area contributed by atoms with E-state index >= 15 is 0 Å². The normalized spacial score (nSPS) is 11.8. The van der Waals surface area contributed by atoms with Crippen LogP contribution in [0.3, 0.4) is 0 Å². The summed E-state index contributed by atoms with van der Waals surface area (Å²) in [5, 5.41) is 2.67. The third-order valence-corrected chi connectivity index (χ3v) is 2.94. The Bertz CT molecular complexity index is 479. The highest BCUT2D eigenvalue weighted by atomic mass is 79.9. The van der Waals surface area contributed by atoms with Gasteiger partial charge in [-0.05, 0) is 28.9 Å². The number of rotatable bonds is 3. The van der Waals surface area contributed by atoms with Crippen molar-refractivity contribution in [2.24, 2.45) is 0 Å². The molecular weight excluding hydrogens is 321 g/mol. The minimum Gasteiger partial charge on any atom is -0.347 e. The Morgan fingerprint density at radius 2 is 2.11 bits per heavy atom. The summed E-state index contributed by atoms with van der Waals surface area (Å²) in [4.78, 5) is 28.8. The number of halogens is 2. The number of nitrogens with one attached hydrogen (secondary N) is 1. The molecule has 0 spiro atoms. The number of aromatic nitrogens is 1. The number of pyridine rings is 1. The molecule has 1 aromatic heterocycles. The van der Waals surface area contributed by atoms with Crippen molar-refractivity contribution in [3.05, 3.63) is 27.5 Å². The Kier molecular flexibility index (Phi) is 5.10. The predicted molar refractivity (Wildman–Crippen MR) is 72.6 cm³/mol. The van der Waals surface area contributed by atoms with Gasteiger partial charge in [-0.25, -0.2) is 4.98 Å². The number of hydrogen-bond acceptors (Lipinski definition) is 3. The minimum absolute atomic E-state index is 0.0974. The summed E-state index contributed by atoms with van der Waals surface area (Å²) in [5.74, 6) is -0.626. The third kappa shape index (κ3) is 3.68. The average Bonchev–Trinajstić information content (AvgIpc) is 2.30. The maximum atomic E-state index is 11.9. The van der Waals surface area contributed by atoms with Gasteiger partial charge in [-0.1, -0.05) is 11.6 Å². The van der Waals surface area contributed by atoms with E-state index < -0.39 is 11.9 Å². The van der Waals surface area contributed by atoms with Gasteiger partial charge in [0.25, 0.3) is 5.91 Å². The molecule has 2 amide bonds. The molecule has 0 aromatic carbocycles. The largest absolute Gasteiger partial charge is 0.347 e. The Labute approximate surface area is 119 Å². The van der Waals surface area contributed by atoms with E-state index in [2.05, 4.69) is 26.2 Å². The number of nitrogens with zero attached hydrogens (tertiary/aromatic N) is 2. The van der Waals surface area contributed by atoms with Crippen LogP contribution in [-0.4, -0.2) is 41.8 Å². The molecule has 18 heavy (non-hydrogen) atoms. The van der Waals surface area contributed by atoms with Crippen LogP contribution >= 0.6 is 27.5 Å². The molecular formula is C11H13BrClN3O2. The summed E-state index contributed by atoms with van der Waals surface area (Å²) in [6.45, 7) is 1.61. The molecule has 0 aliphatic rings. The summed E-state index contributed by atoms with van der Waals surface area (Å²) >= 11 is 9.04. The van der Waals surface area contributed by atoms with E-state index in [0.29, 0.717) is 4.47 Å². The molecule has 0 saturated heterocycles. The maximum Gasteiger partial charge on any atom is 0.255 e. The van der Waals surface area contributed by atoms with E-state index in [4.69, 9.17) is 11.6 Å². The van der Waals surface area contributed by atoms with Gasteiger partial charge in [0.2, 0.25) is 5.91 Å². The van der Waals surface area contributed by atoms with Gasteiger partial charge in [0.1, 0.15) is 11.2 Å². The molecule has 0 fully saturated rings. The fourth-order valence-electron chi connectivity index (χ4n) is 1.31. The van der Waals surface area contributed by atoms with Gasteiger partial charge in [0.15, 0.2) is 0 Å². The van der Waals surface area contributed by atoms with Crippen LogP contribution in [0.2, 0.25) is 5.15 Å². The van der Waals surface area contributed by atoms with Crippen molar-refractivity contribution in [1.82, 2.24) is 15.2 Å². The number of carbonyl (C=O) groups is 2. The van der Waals surface area contributed by atoms with E-state index in [1.54, 1.807) is 27.1 Å². The molecule has 1 unspecified atom stereocenters. The first-order valence-corrected chi connectivity index (χ1v) is 6.33. The third-order valence-electron chi connectivity index (χ3n) is 2.21. The van der Waals surface area contributed by atoms with Gasteiger partial charge in [-0.15, -0.1) is 0 Å². The fraction of sp³-hybridized carbons (Fsp3) is 0.364. The summed E-state index contributed by atoms with van der Waals surface area (Å²) in [5.41, 5.74) is 0.226. The molecule has 1 aromatic rings. The van der Waals surface area contributed by atoms with Crippen LogP contribution in [0.5, 0.6) is 0 Å². The zero-order chi connectivity index (χ0) is 13.9. The molecule has 98 valence electrons. The lowest BCUT2D eigenvalue weighted by Gasteiger charge is -2.18. The Morgan fingerprint density at radius 3 is 2.67 bits per heavy atom. The van der Waals surface area contributed by atoms with Crippen LogP contribution in [0.4, 0.5) is 0 Å². The van der Waals surface area contributed by atoms with Crippen LogP contribution in [0.1, 0.15) is 17.3 Å². The molecule has 5 nitrogen and oxygen atoms in total.